The topological polar surface area (TPSA) is 76.5 Å². The predicted molar refractivity (Wildman–Crippen MR) is 100 cm³/mol. The van der Waals surface area contributed by atoms with E-state index in [0.29, 0.717) is 35.7 Å². The van der Waals surface area contributed by atoms with Crippen LogP contribution < -0.4 is 10.9 Å². The fourth-order valence-corrected chi connectivity index (χ4v) is 3.22. The van der Waals surface area contributed by atoms with E-state index in [-0.39, 0.29) is 23.6 Å². The van der Waals surface area contributed by atoms with E-state index in [0.717, 1.165) is 13.1 Å². The summed E-state index contributed by atoms with van der Waals surface area (Å²) in [5.41, 5.74) is 0.101. The second kappa shape index (κ2) is 7.73. The van der Waals surface area contributed by atoms with Gasteiger partial charge in [0.25, 0.3) is 5.56 Å². The summed E-state index contributed by atoms with van der Waals surface area (Å²) in [5.74, 6) is -0.225. The van der Waals surface area contributed by atoms with Gasteiger partial charge in [-0.3, -0.25) is 19.1 Å². The molecule has 1 aliphatic heterocycles. The molecule has 1 N–H and O–H groups in total. The van der Waals surface area contributed by atoms with Crippen molar-refractivity contribution in [2.75, 3.05) is 32.8 Å². The van der Waals surface area contributed by atoms with Crippen LogP contribution in [0.25, 0.3) is 10.9 Å². The van der Waals surface area contributed by atoms with Gasteiger partial charge >= 0.3 is 0 Å². The number of carbonyl (C=O) groups is 1. The standard InChI is InChI=1S/C18H23ClN4O3/c1-18(2,23-5-7-26-8-6-23)11-20-16(24)10-22-12-21-15-4-3-13(19)9-14(15)17(22)25/h3-4,9,12H,5-8,10-11H2,1-2H3,(H,20,24). The van der Waals surface area contributed by atoms with Crippen LogP contribution in [0.1, 0.15) is 13.8 Å². The van der Waals surface area contributed by atoms with Crippen LogP contribution in [0.3, 0.4) is 0 Å². The van der Waals surface area contributed by atoms with E-state index in [9.17, 15) is 9.59 Å². The molecular weight excluding hydrogens is 356 g/mol. The smallest absolute Gasteiger partial charge is 0.261 e. The van der Waals surface area contributed by atoms with Crippen LogP contribution in [0.4, 0.5) is 0 Å². The minimum absolute atomic E-state index is 0.0759. The molecule has 0 aliphatic carbocycles. The summed E-state index contributed by atoms with van der Waals surface area (Å²) in [6, 6.07) is 4.94. The number of rotatable bonds is 5. The molecule has 0 saturated carbocycles. The molecular formula is C18H23ClN4O3. The molecule has 1 aromatic heterocycles. The first-order valence-corrected chi connectivity index (χ1v) is 8.99. The molecule has 0 bridgehead atoms. The fourth-order valence-electron chi connectivity index (χ4n) is 3.05. The minimum Gasteiger partial charge on any atom is -0.379 e. The number of nitrogens with one attached hydrogen (secondary N) is 1. The predicted octanol–water partition coefficient (Wildman–Crippen LogP) is 1.28. The molecule has 7 nitrogen and oxygen atoms in total. The zero-order valence-corrected chi connectivity index (χ0v) is 15.8. The Morgan fingerprint density at radius 1 is 1.35 bits per heavy atom. The number of halogens is 1. The molecule has 0 spiro atoms. The van der Waals surface area contributed by atoms with Gasteiger partial charge in [0, 0.05) is 30.2 Å². The molecule has 1 aliphatic rings. The Bertz CT molecular complexity index is 859. The quantitative estimate of drug-likeness (QED) is 0.848. The van der Waals surface area contributed by atoms with Gasteiger partial charge in [-0.15, -0.1) is 0 Å². The van der Waals surface area contributed by atoms with E-state index in [1.54, 1.807) is 18.2 Å². The number of fused-ring (bicyclic) bond motifs is 1. The van der Waals surface area contributed by atoms with Crippen LogP contribution in [0, 0.1) is 0 Å². The number of carbonyl (C=O) groups excluding carboxylic acids is 1. The Morgan fingerprint density at radius 3 is 2.81 bits per heavy atom. The molecule has 0 radical (unpaired) electrons. The molecule has 0 atom stereocenters. The van der Waals surface area contributed by atoms with Crippen LogP contribution in [0.15, 0.2) is 29.3 Å². The summed E-state index contributed by atoms with van der Waals surface area (Å²) >= 11 is 5.95. The van der Waals surface area contributed by atoms with Gasteiger partial charge in [0.05, 0.1) is 30.4 Å². The monoisotopic (exact) mass is 378 g/mol. The van der Waals surface area contributed by atoms with Crippen molar-refractivity contribution in [2.45, 2.75) is 25.9 Å². The lowest BCUT2D eigenvalue weighted by Gasteiger charge is -2.40. The highest BCUT2D eigenvalue weighted by molar-refractivity contribution is 6.31. The summed E-state index contributed by atoms with van der Waals surface area (Å²) in [7, 11) is 0. The number of nitrogens with zero attached hydrogens (tertiary/aromatic N) is 3. The molecule has 140 valence electrons. The summed E-state index contributed by atoms with van der Waals surface area (Å²) in [6.45, 7) is 7.70. The Labute approximate surface area is 156 Å². The van der Waals surface area contributed by atoms with Crippen molar-refractivity contribution in [3.63, 3.8) is 0 Å². The zero-order chi connectivity index (χ0) is 18.7. The zero-order valence-electron chi connectivity index (χ0n) is 15.0. The van der Waals surface area contributed by atoms with Crippen LogP contribution >= 0.6 is 11.6 Å². The number of ether oxygens (including phenoxy) is 1. The number of amides is 1. The van der Waals surface area contributed by atoms with Gasteiger partial charge < -0.3 is 10.1 Å². The normalized spacial score (nSPS) is 16.0. The maximum absolute atomic E-state index is 12.5. The van der Waals surface area contributed by atoms with E-state index in [1.165, 1.54) is 10.9 Å². The van der Waals surface area contributed by atoms with Crippen LogP contribution in [0.2, 0.25) is 5.02 Å². The van der Waals surface area contributed by atoms with Crippen LogP contribution in [-0.4, -0.2) is 58.7 Å². The van der Waals surface area contributed by atoms with E-state index < -0.39 is 0 Å². The number of hydrogen-bond acceptors (Lipinski definition) is 5. The van der Waals surface area contributed by atoms with Crippen molar-refractivity contribution in [1.29, 1.82) is 0 Å². The van der Waals surface area contributed by atoms with Crippen molar-refractivity contribution >= 4 is 28.4 Å². The number of hydrogen-bond donors (Lipinski definition) is 1. The second-order valence-electron chi connectivity index (χ2n) is 7.03. The van der Waals surface area contributed by atoms with Crippen molar-refractivity contribution in [3.05, 3.63) is 39.9 Å². The van der Waals surface area contributed by atoms with Crippen molar-refractivity contribution in [1.82, 2.24) is 19.8 Å². The van der Waals surface area contributed by atoms with E-state index in [2.05, 4.69) is 29.0 Å². The van der Waals surface area contributed by atoms with Crippen LogP contribution in [-0.2, 0) is 16.1 Å². The molecule has 3 rings (SSSR count). The molecule has 1 fully saturated rings. The first-order valence-electron chi connectivity index (χ1n) is 8.61. The average molecular weight is 379 g/mol. The Morgan fingerprint density at radius 2 is 2.08 bits per heavy atom. The third-order valence-corrected chi connectivity index (χ3v) is 4.92. The molecule has 1 saturated heterocycles. The molecule has 0 unspecified atom stereocenters. The molecule has 1 aromatic carbocycles. The number of aromatic nitrogens is 2. The van der Waals surface area contributed by atoms with Gasteiger partial charge in [-0.1, -0.05) is 11.6 Å². The maximum Gasteiger partial charge on any atom is 0.261 e. The van der Waals surface area contributed by atoms with E-state index in [1.807, 2.05) is 0 Å². The Hall–Kier alpha value is -1.96. The molecule has 1 amide bonds. The summed E-state index contributed by atoms with van der Waals surface area (Å²) < 4.78 is 6.67. The first-order chi connectivity index (χ1) is 12.4. The summed E-state index contributed by atoms with van der Waals surface area (Å²) in [6.07, 6.45) is 1.39. The molecule has 2 heterocycles. The molecule has 2 aromatic rings. The van der Waals surface area contributed by atoms with Gasteiger partial charge in [-0.2, -0.15) is 0 Å². The second-order valence-corrected chi connectivity index (χ2v) is 7.46. The van der Waals surface area contributed by atoms with Gasteiger partial charge in [0.15, 0.2) is 0 Å². The van der Waals surface area contributed by atoms with Crippen molar-refractivity contribution in [3.8, 4) is 0 Å². The van der Waals surface area contributed by atoms with Crippen LogP contribution in [0.5, 0.6) is 0 Å². The molecule has 8 heteroatoms. The lowest BCUT2D eigenvalue weighted by atomic mass is 10.0. The number of benzene rings is 1. The Kier molecular flexibility index (Phi) is 5.60. The highest BCUT2D eigenvalue weighted by atomic mass is 35.5. The lowest BCUT2D eigenvalue weighted by Crippen LogP contribution is -2.55. The maximum atomic E-state index is 12.5. The highest BCUT2D eigenvalue weighted by Gasteiger charge is 2.28. The fraction of sp³-hybridized carbons (Fsp3) is 0.500. The number of morpholine rings is 1. The van der Waals surface area contributed by atoms with Gasteiger partial charge in [0.2, 0.25) is 5.91 Å². The van der Waals surface area contributed by atoms with Gasteiger partial charge in [0.1, 0.15) is 6.54 Å². The third-order valence-electron chi connectivity index (χ3n) is 4.69. The van der Waals surface area contributed by atoms with Gasteiger partial charge in [-0.25, -0.2) is 4.98 Å². The average Bonchev–Trinajstić information content (AvgIpc) is 2.64. The van der Waals surface area contributed by atoms with Crippen molar-refractivity contribution in [2.24, 2.45) is 0 Å². The van der Waals surface area contributed by atoms with E-state index in [4.69, 9.17) is 16.3 Å². The lowest BCUT2D eigenvalue weighted by molar-refractivity contribution is -0.122. The SMILES string of the molecule is CC(C)(CNC(=O)Cn1cnc2ccc(Cl)cc2c1=O)N1CCOCC1. The largest absolute Gasteiger partial charge is 0.379 e. The molecule has 26 heavy (non-hydrogen) atoms. The first kappa shape index (κ1) is 18.8. The van der Waals surface area contributed by atoms with Crippen molar-refractivity contribution < 1.29 is 9.53 Å². The van der Waals surface area contributed by atoms with E-state index >= 15 is 0 Å². The summed E-state index contributed by atoms with van der Waals surface area (Å²) in [4.78, 5) is 31.4. The highest BCUT2D eigenvalue weighted by Crippen LogP contribution is 2.15. The third kappa shape index (κ3) is 4.23. The van der Waals surface area contributed by atoms with Gasteiger partial charge in [-0.05, 0) is 32.0 Å². The minimum atomic E-state index is -0.278. The Balaban J connectivity index is 1.65. The summed E-state index contributed by atoms with van der Waals surface area (Å²) in [5, 5.41) is 3.79.